The maximum atomic E-state index is 13.6. The van der Waals surface area contributed by atoms with Crippen LogP contribution in [0.15, 0.2) is 18.2 Å². The van der Waals surface area contributed by atoms with Gasteiger partial charge >= 0.3 is 0 Å². The lowest BCUT2D eigenvalue weighted by Crippen LogP contribution is -2.17. The Morgan fingerprint density at radius 1 is 1.25 bits per heavy atom. The summed E-state index contributed by atoms with van der Waals surface area (Å²) in [6.45, 7) is 6.93. The van der Waals surface area contributed by atoms with Crippen molar-refractivity contribution in [2.24, 2.45) is 0 Å². The second-order valence-electron chi connectivity index (χ2n) is 5.74. The monoisotopic (exact) mass is 332 g/mol. The van der Waals surface area contributed by atoms with E-state index in [4.69, 9.17) is 0 Å². The van der Waals surface area contributed by atoms with Gasteiger partial charge in [-0.3, -0.25) is 14.9 Å². The number of benzene rings is 1. The highest BCUT2D eigenvalue weighted by Crippen LogP contribution is 2.25. The Labute approximate surface area is 138 Å². The molecule has 1 heterocycles. The molecule has 0 aliphatic carbocycles. The highest BCUT2D eigenvalue weighted by Gasteiger charge is 2.24. The molecule has 0 unspecified atom stereocenters. The summed E-state index contributed by atoms with van der Waals surface area (Å²) in [6.07, 6.45) is 0. The van der Waals surface area contributed by atoms with Gasteiger partial charge in [-0.25, -0.2) is 14.4 Å². The zero-order valence-corrected chi connectivity index (χ0v) is 13.8. The number of nitrogens with one attached hydrogen (secondary N) is 1. The van der Waals surface area contributed by atoms with E-state index < -0.39 is 22.3 Å². The molecule has 1 amide bonds. The fraction of sp³-hybridized carbons (Fsp3) is 0.312. The van der Waals surface area contributed by atoms with Crippen molar-refractivity contribution >= 4 is 17.4 Å². The first kappa shape index (κ1) is 17.5. The van der Waals surface area contributed by atoms with Gasteiger partial charge in [-0.2, -0.15) is 0 Å². The number of nitro benzene ring substituents is 1. The first-order valence-electron chi connectivity index (χ1n) is 7.30. The Balaban J connectivity index is 2.43. The lowest BCUT2D eigenvalue weighted by atomic mass is 10.1. The van der Waals surface area contributed by atoms with Gasteiger partial charge in [0.1, 0.15) is 23.0 Å². The van der Waals surface area contributed by atoms with Crippen LogP contribution in [-0.4, -0.2) is 20.8 Å². The third-order valence-electron chi connectivity index (χ3n) is 3.32. The summed E-state index contributed by atoms with van der Waals surface area (Å²) >= 11 is 0. The highest BCUT2D eigenvalue weighted by atomic mass is 19.1. The van der Waals surface area contributed by atoms with Crippen LogP contribution in [0.3, 0.4) is 0 Å². The van der Waals surface area contributed by atoms with E-state index in [9.17, 15) is 19.3 Å². The standard InChI is InChI=1S/C16H17FN4O3/c1-8(2)15-18-10(4)6-13(19-15)20-16(22)12-7-11(17)5-9(3)14(12)21(23)24/h5-8H,1-4H3,(H,18,19,20,22). The molecule has 0 radical (unpaired) electrons. The van der Waals surface area contributed by atoms with Crippen molar-refractivity contribution in [1.82, 2.24) is 9.97 Å². The van der Waals surface area contributed by atoms with Crippen LogP contribution >= 0.6 is 0 Å². The number of carbonyl (C=O) groups is 1. The fourth-order valence-electron chi connectivity index (χ4n) is 2.25. The lowest BCUT2D eigenvalue weighted by molar-refractivity contribution is -0.385. The maximum Gasteiger partial charge on any atom is 0.285 e. The number of anilines is 1. The number of hydrogen-bond acceptors (Lipinski definition) is 5. The third-order valence-corrected chi connectivity index (χ3v) is 3.32. The summed E-state index contributed by atoms with van der Waals surface area (Å²) in [5, 5.41) is 13.7. The molecule has 2 aromatic rings. The molecule has 0 spiro atoms. The van der Waals surface area contributed by atoms with Gasteiger partial charge in [-0.1, -0.05) is 13.8 Å². The Bertz CT molecular complexity index is 821. The van der Waals surface area contributed by atoms with Crippen molar-refractivity contribution in [2.45, 2.75) is 33.6 Å². The molecule has 1 N–H and O–H groups in total. The molecule has 0 saturated heterocycles. The number of nitrogens with zero attached hydrogens (tertiary/aromatic N) is 3. The largest absolute Gasteiger partial charge is 0.306 e. The summed E-state index contributed by atoms with van der Waals surface area (Å²) in [6, 6.07) is 3.40. The first-order chi connectivity index (χ1) is 11.2. The normalized spacial score (nSPS) is 10.8. The summed E-state index contributed by atoms with van der Waals surface area (Å²) in [5.41, 5.74) is -0.0515. The molecule has 0 fully saturated rings. The summed E-state index contributed by atoms with van der Waals surface area (Å²) in [5.74, 6) is -0.712. The van der Waals surface area contributed by atoms with E-state index in [2.05, 4.69) is 15.3 Å². The van der Waals surface area contributed by atoms with Gasteiger partial charge in [0, 0.05) is 23.2 Å². The van der Waals surface area contributed by atoms with Gasteiger partial charge < -0.3 is 5.32 Å². The van der Waals surface area contributed by atoms with Gasteiger partial charge in [0.25, 0.3) is 11.6 Å². The average molecular weight is 332 g/mol. The molecule has 0 saturated carbocycles. The summed E-state index contributed by atoms with van der Waals surface area (Å²) in [4.78, 5) is 31.3. The van der Waals surface area contributed by atoms with Gasteiger partial charge in [0.05, 0.1) is 4.92 Å². The minimum Gasteiger partial charge on any atom is -0.306 e. The van der Waals surface area contributed by atoms with Crippen LogP contribution in [-0.2, 0) is 0 Å². The Kier molecular flexibility index (Phi) is 4.87. The molecule has 126 valence electrons. The topological polar surface area (TPSA) is 98.0 Å². The molecule has 8 heteroatoms. The molecule has 1 aromatic carbocycles. The van der Waals surface area contributed by atoms with Gasteiger partial charge in [-0.15, -0.1) is 0 Å². The Hall–Kier alpha value is -2.90. The minimum atomic E-state index is -0.794. The van der Waals surface area contributed by atoms with E-state index >= 15 is 0 Å². The SMILES string of the molecule is Cc1cc(NC(=O)c2cc(F)cc(C)c2[N+](=O)[O-])nc(C(C)C)n1. The molecule has 0 aliphatic rings. The molecular formula is C16H17FN4O3. The number of halogens is 1. The first-order valence-corrected chi connectivity index (χ1v) is 7.30. The Morgan fingerprint density at radius 2 is 1.92 bits per heavy atom. The van der Waals surface area contributed by atoms with Crippen molar-refractivity contribution in [3.8, 4) is 0 Å². The van der Waals surface area contributed by atoms with Crippen molar-refractivity contribution in [2.75, 3.05) is 5.32 Å². The zero-order chi connectivity index (χ0) is 18.0. The van der Waals surface area contributed by atoms with Gasteiger partial charge in [-0.05, 0) is 26.0 Å². The molecule has 1 aromatic heterocycles. The number of amides is 1. The van der Waals surface area contributed by atoms with Crippen LogP contribution in [0.25, 0.3) is 0 Å². The quantitative estimate of drug-likeness (QED) is 0.682. The van der Waals surface area contributed by atoms with Crippen LogP contribution in [0, 0.1) is 29.8 Å². The van der Waals surface area contributed by atoms with E-state index in [1.807, 2.05) is 13.8 Å². The van der Waals surface area contributed by atoms with E-state index in [1.165, 1.54) is 6.92 Å². The van der Waals surface area contributed by atoms with Crippen LogP contribution in [0.4, 0.5) is 15.9 Å². The van der Waals surface area contributed by atoms with E-state index in [-0.39, 0.29) is 22.9 Å². The fourth-order valence-corrected chi connectivity index (χ4v) is 2.25. The predicted octanol–water partition coefficient (Wildman–Crippen LogP) is 3.52. The zero-order valence-electron chi connectivity index (χ0n) is 13.8. The molecule has 2 rings (SSSR count). The second kappa shape index (κ2) is 6.69. The molecule has 0 atom stereocenters. The minimum absolute atomic E-state index is 0.0475. The van der Waals surface area contributed by atoms with Crippen molar-refractivity contribution in [3.63, 3.8) is 0 Å². The molecule has 0 aliphatic heterocycles. The highest BCUT2D eigenvalue weighted by molar-refractivity contribution is 6.07. The lowest BCUT2D eigenvalue weighted by Gasteiger charge is -2.10. The van der Waals surface area contributed by atoms with Crippen molar-refractivity contribution in [1.29, 1.82) is 0 Å². The third kappa shape index (κ3) is 3.70. The molecule has 7 nitrogen and oxygen atoms in total. The van der Waals surface area contributed by atoms with E-state index in [0.717, 1.165) is 12.1 Å². The molecule has 0 bridgehead atoms. The van der Waals surface area contributed by atoms with Gasteiger partial charge in [0.2, 0.25) is 0 Å². The van der Waals surface area contributed by atoms with Crippen LogP contribution < -0.4 is 5.32 Å². The number of carbonyl (C=O) groups excluding carboxylic acids is 1. The number of aromatic nitrogens is 2. The average Bonchev–Trinajstić information content (AvgIpc) is 2.44. The molecular weight excluding hydrogens is 315 g/mol. The predicted molar refractivity (Wildman–Crippen MR) is 86.6 cm³/mol. The number of hydrogen-bond donors (Lipinski definition) is 1. The maximum absolute atomic E-state index is 13.6. The van der Waals surface area contributed by atoms with Crippen LogP contribution in [0.2, 0.25) is 0 Å². The van der Waals surface area contributed by atoms with Crippen LogP contribution in [0.5, 0.6) is 0 Å². The van der Waals surface area contributed by atoms with E-state index in [0.29, 0.717) is 11.5 Å². The van der Waals surface area contributed by atoms with Crippen molar-refractivity contribution in [3.05, 3.63) is 56.8 Å². The summed E-state index contributed by atoms with van der Waals surface area (Å²) < 4.78 is 13.6. The number of aryl methyl sites for hydroxylation is 2. The van der Waals surface area contributed by atoms with E-state index in [1.54, 1.807) is 13.0 Å². The summed E-state index contributed by atoms with van der Waals surface area (Å²) in [7, 11) is 0. The Morgan fingerprint density at radius 3 is 2.50 bits per heavy atom. The van der Waals surface area contributed by atoms with Crippen LogP contribution in [0.1, 0.15) is 47.2 Å². The van der Waals surface area contributed by atoms with Crippen molar-refractivity contribution < 1.29 is 14.1 Å². The smallest absolute Gasteiger partial charge is 0.285 e. The number of nitro groups is 1. The number of rotatable bonds is 4. The van der Waals surface area contributed by atoms with Gasteiger partial charge in [0.15, 0.2) is 0 Å². The second-order valence-corrected chi connectivity index (χ2v) is 5.74. The molecule has 24 heavy (non-hydrogen) atoms.